The Kier molecular flexibility index (Phi) is 5.46. The molecule has 17 heavy (non-hydrogen) atoms. The summed E-state index contributed by atoms with van der Waals surface area (Å²) in [5.41, 5.74) is 0.346. The Morgan fingerprint density at radius 3 is 2.35 bits per heavy atom. The van der Waals surface area contributed by atoms with Crippen molar-refractivity contribution in [3.05, 3.63) is 0 Å². The van der Waals surface area contributed by atoms with E-state index >= 15 is 0 Å². The van der Waals surface area contributed by atoms with Crippen LogP contribution in [0.2, 0.25) is 0 Å². The average molecular weight is 240 g/mol. The summed E-state index contributed by atoms with van der Waals surface area (Å²) in [6.07, 6.45) is 2.66. The van der Waals surface area contributed by atoms with Gasteiger partial charge in [0.1, 0.15) is 0 Å². The van der Waals surface area contributed by atoms with Crippen LogP contribution in [-0.4, -0.2) is 37.6 Å². The maximum atomic E-state index is 3.70. The van der Waals surface area contributed by atoms with E-state index in [1.807, 2.05) is 0 Å². The van der Waals surface area contributed by atoms with Gasteiger partial charge in [-0.05, 0) is 43.7 Å². The van der Waals surface area contributed by atoms with Crippen molar-refractivity contribution in [2.24, 2.45) is 17.3 Å². The zero-order chi connectivity index (χ0) is 13.1. The molecule has 0 radical (unpaired) electrons. The average Bonchev–Trinajstić information content (AvgIpc) is 2.87. The van der Waals surface area contributed by atoms with Gasteiger partial charge in [0.15, 0.2) is 0 Å². The van der Waals surface area contributed by atoms with Crippen molar-refractivity contribution in [2.45, 2.75) is 53.5 Å². The van der Waals surface area contributed by atoms with Crippen LogP contribution >= 0.6 is 0 Å². The minimum absolute atomic E-state index is 0.346. The van der Waals surface area contributed by atoms with Gasteiger partial charge in [-0.2, -0.15) is 0 Å². The van der Waals surface area contributed by atoms with Gasteiger partial charge in [-0.3, -0.25) is 0 Å². The molecule has 0 aromatic rings. The zero-order valence-electron chi connectivity index (χ0n) is 12.7. The molecule has 1 rings (SSSR count). The first-order chi connectivity index (χ1) is 7.84. The lowest BCUT2D eigenvalue weighted by Gasteiger charge is -2.35. The summed E-state index contributed by atoms with van der Waals surface area (Å²) in [5, 5.41) is 3.70. The predicted octanol–water partition coefficient (Wildman–Crippen LogP) is 2.99. The predicted molar refractivity (Wildman–Crippen MR) is 76.3 cm³/mol. The van der Waals surface area contributed by atoms with Gasteiger partial charge in [0, 0.05) is 19.1 Å². The van der Waals surface area contributed by atoms with E-state index in [4.69, 9.17) is 0 Å². The van der Waals surface area contributed by atoms with Crippen LogP contribution in [-0.2, 0) is 0 Å². The summed E-state index contributed by atoms with van der Waals surface area (Å²) in [6.45, 7) is 15.2. The smallest absolute Gasteiger partial charge is 0.0243 e. The van der Waals surface area contributed by atoms with Crippen LogP contribution in [0, 0.1) is 17.3 Å². The van der Waals surface area contributed by atoms with Gasteiger partial charge in [-0.25, -0.2) is 0 Å². The molecule has 0 spiro atoms. The molecule has 0 bridgehead atoms. The van der Waals surface area contributed by atoms with E-state index in [0.29, 0.717) is 11.5 Å². The summed E-state index contributed by atoms with van der Waals surface area (Å²) < 4.78 is 0. The van der Waals surface area contributed by atoms with Gasteiger partial charge < -0.3 is 10.2 Å². The number of rotatable bonds is 7. The Balaban J connectivity index is 2.36. The number of likely N-dealkylation sites (N-methyl/N-ethyl adjacent to an activating group) is 1. The summed E-state index contributed by atoms with van der Waals surface area (Å²) in [6, 6.07) is 0.599. The summed E-state index contributed by atoms with van der Waals surface area (Å²) in [5.74, 6) is 1.93. The topological polar surface area (TPSA) is 15.3 Å². The van der Waals surface area contributed by atoms with Gasteiger partial charge in [-0.1, -0.05) is 34.6 Å². The zero-order valence-corrected chi connectivity index (χ0v) is 12.7. The first-order valence-corrected chi connectivity index (χ1v) is 7.26. The van der Waals surface area contributed by atoms with Gasteiger partial charge in [0.2, 0.25) is 0 Å². The highest BCUT2D eigenvalue weighted by atomic mass is 15.1. The molecule has 0 heterocycles. The van der Waals surface area contributed by atoms with Crippen molar-refractivity contribution in [1.29, 1.82) is 0 Å². The van der Waals surface area contributed by atoms with Crippen LogP contribution in [0.5, 0.6) is 0 Å². The second-order valence-electron chi connectivity index (χ2n) is 7.07. The van der Waals surface area contributed by atoms with Gasteiger partial charge in [-0.15, -0.1) is 0 Å². The third-order valence-electron chi connectivity index (χ3n) is 4.00. The minimum Gasteiger partial charge on any atom is -0.312 e. The molecule has 3 unspecified atom stereocenters. The third-order valence-corrected chi connectivity index (χ3v) is 4.00. The molecule has 1 N–H and O–H groups in total. The molecular formula is C15H32N2. The van der Waals surface area contributed by atoms with Gasteiger partial charge >= 0.3 is 0 Å². The van der Waals surface area contributed by atoms with Gasteiger partial charge in [0.05, 0.1) is 0 Å². The molecular weight excluding hydrogens is 208 g/mol. The van der Waals surface area contributed by atoms with E-state index in [2.05, 4.69) is 51.9 Å². The van der Waals surface area contributed by atoms with Crippen LogP contribution in [0.25, 0.3) is 0 Å². The highest BCUT2D eigenvalue weighted by Crippen LogP contribution is 2.38. The quantitative estimate of drug-likeness (QED) is 0.736. The van der Waals surface area contributed by atoms with E-state index in [0.717, 1.165) is 18.4 Å². The SMILES string of the molecule is CCCNC(CN(C)CC1CC1C)C(C)(C)C. The van der Waals surface area contributed by atoms with Crippen molar-refractivity contribution in [2.75, 3.05) is 26.7 Å². The van der Waals surface area contributed by atoms with Crippen molar-refractivity contribution in [3.8, 4) is 0 Å². The lowest BCUT2D eigenvalue weighted by molar-refractivity contribution is 0.189. The Labute approximate surface area is 108 Å². The molecule has 0 aromatic carbocycles. The van der Waals surface area contributed by atoms with Crippen molar-refractivity contribution in [3.63, 3.8) is 0 Å². The molecule has 0 aromatic heterocycles. The van der Waals surface area contributed by atoms with Crippen molar-refractivity contribution >= 4 is 0 Å². The Morgan fingerprint density at radius 2 is 1.94 bits per heavy atom. The molecule has 2 heteroatoms. The fourth-order valence-electron chi connectivity index (χ4n) is 2.40. The first kappa shape index (κ1) is 15.0. The molecule has 0 aliphatic heterocycles. The molecule has 1 aliphatic rings. The lowest BCUT2D eigenvalue weighted by atomic mass is 9.86. The maximum absolute atomic E-state index is 3.70. The highest BCUT2D eigenvalue weighted by molar-refractivity contribution is 4.87. The van der Waals surface area contributed by atoms with E-state index in [1.54, 1.807) is 0 Å². The van der Waals surface area contributed by atoms with Gasteiger partial charge in [0.25, 0.3) is 0 Å². The number of hydrogen-bond donors (Lipinski definition) is 1. The Hall–Kier alpha value is -0.0800. The van der Waals surface area contributed by atoms with Crippen LogP contribution in [0.3, 0.4) is 0 Å². The first-order valence-electron chi connectivity index (χ1n) is 7.26. The molecule has 0 amide bonds. The molecule has 1 aliphatic carbocycles. The van der Waals surface area contributed by atoms with Crippen LogP contribution < -0.4 is 5.32 Å². The highest BCUT2D eigenvalue weighted by Gasteiger charge is 2.34. The Morgan fingerprint density at radius 1 is 1.35 bits per heavy atom. The van der Waals surface area contributed by atoms with Crippen LogP contribution in [0.1, 0.15) is 47.5 Å². The summed E-state index contributed by atoms with van der Waals surface area (Å²) >= 11 is 0. The maximum Gasteiger partial charge on any atom is 0.0243 e. The van der Waals surface area contributed by atoms with Crippen molar-refractivity contribution in [1.82, 2.24) is 10.2 Å². The second-order valence-corrected chi connectivity index (χ2v) is 7.07. The monoisotopic (exact) mass is 240 g/mol. The fraction of sp³-hybridized carbons (Fsp3) is 1.00. The molecule has 2 nitrogen and oxygen atoms in total. The second kappa shape index (κ2) is 6.19. The molecule has 1 fully saturated rings. The molecule has 1 saturated carbocycles. The van der Waals surface area contributed by atoms with E-state index in [-0.39, 0.29) is 0 Å². The molecule has 102 valence electrons. The number of nitrogens with zero attached hydrogens (tertiary/aromatic N) is 1. The van der Waals surface area contributed by atoms with Crippen LogP contribution in [0.15, 0.2) is 0 Å². The normalized spacial score (nSPS) is 26.3. The lowest BCUT2D eigenvalue weighted by Crippen LogP contribution is -2.48. The van der Waals surface area contributed by atoms with E-state index in [9.17, 15) is 0 Å². The standard InChI is InChI=1S/C15H32N2/c1-7-8-16-14(15(3,4)5)11-17(6)10-13-9-12(13)2/h12-14,16H,7-11H2,1-6H3. The summed E-state index contributed by atoms with van der Waals surface area (Å²) in [7, 11) is 2.28. The van der Waals surface area contributed by atoms with Crippen LogP contribution in [0.4, 0.5) is 0 Å². The van der Waals surface area contributed by atoms with E-state index in [1.165, 1.54) is 25.9 Å². The largest absolute Gasteiger partial charge is 0.312 e. The Bertz CT molecular complexity index is 219. The third kappa shape index (κ3) is 5.39. The van der Waals surface area contributed by atoms with Crippen molar-refractivity contribution < 1.29 is 0 Å². The fourth-order valence-corrected chi connectivity index (χ4v) is 2.40. The number of hydrogen-bond acceptors (Lipinski definition) is 2. The summed E-state index contributed by atoms with van der Waals surface area (Å²) in [4.78, 5) is 2.52. The molecule has 3 atom stereocenters. The van der Waals surface area contributed by atoms with E-state index < -0.39 is 0 Å². The molecule has 0 saturated heterocycles. The number of nitrogens with one attached hydrogen (secondary N) is 1. The minimum atomic E-state index is 0.346.